The summed E-state index contributed by atoms with van der Waals surface area (Å²) in [4.78, 5) is 27.0. The minimum Gasteiger partial charge on any atom is -0.376 e. The molecule has 0 radical (unpaired) electrons. The lowest BCUT2D eigenvalue weighted by Gasteiger charge is -2.26. The minimum atomic E-state index is -0.0758. The van der Waals surface area contributed by atoms with Gasteiger partial charge in [-0.05, 0) is 12.1 Å². The first kappa shape index (κ1) is 12.4. The van der Waals surface area contributed by atoms with Crippen LogP contribution in [0.25, 0.3) is 0 Å². The zero-order chi connectivity index (χ0) is 13.1. The van der Waals surface area contributed by atoms with Gasteiger partial charge in [0.25, 0.3) is 0 Å². The Balaban J connectivity index is 2.35. The molecule has 5 nitrogen and oxygen atoms in total. The van der Waals surface area contributed by atoms with Gasteiger partial charge in [-0.3, -0.25) is 9.59 Å². The van der Waals surface area contributed by atoms with Crippen LogP contribution in [0.5, 0.6) is 0 Å². The molecule has 1 saturated heterocycles. The Kier molecular flexibility index (Phi) is 3.50. The second-order valence-electron chi connectivity index (χ2n) is 4.46. The van der Waals surface area contributed by atoms with E-state index < -0.39 is 0 Å². The van der Waals surface area contributed by atoms with E-state index in [4.69, 9.17) is 0 Å². The highest BCUT2D eigenvalue weighted by atomic mass is 16.2. The Bertz CT molecular complexity index is 471. The van der Waals surface area contributed by atoms with Crippen LogP contribution in [0.2, 0.25) is 0 Å². The number of benzene rings is 1. The quantitative estimate of drug-likeness (QED) is 0.833. The van der Waals surface area contributed by atoms with Crippen LogP contribution in [0, 0.1) is 0 Å². The summed E-state index contributed by atoms with van der Waals surface area (Å²) in [7, 11) is 3.87. The Morgan fingerprint density at radius 2 is 1.94 bits per heavy atom. The van der Waals surface area contributed by atoms with E-state index in [-0.39, 0.29) is 18.4 Å². The number of anilines is 2. The third-order valence-electron chi connectivity index (χ3n) is 2.95. The molecular formula is C13H17N3O2. The van der Waals surface area contributed by atoms with E-state index in [1.54, 1.807) is 4.90 Å². The molecule has 1 heterocycles. The number of hydrogen-bond donors (Lipinski definition) is 1. The summed E-state index contributed by atoms with van der Waals surface area (Å²) in [6.45, 7) is 0.496. The second-order valence-corrected chi connectivity index (χ2v) is 4.46. The summed E-state index contributed by atoms with van der Waals surface area (Å²) in [5.74, 6) is -0.150. The molecule has 0 unspecified atom stereocenters. The summed E-state index contributed by atoms with van der Waals surface area (Å²) in [5.41, 5.74) is 1.82. The van der Waals surface area contributed by atoms with Crippen LogP contribution >= 0.6 is 0 Å². The fourth-order valence-corrected chi connectivity index (χ4v) is 2.02. The van der Waals surface area contributed by atoms with Crippen molar-refractivity contribution in [2.45, 2.75) is 6.42 Å². The molecule has 1 aliphatic rings. The molecule has 1 fully saturated rings. The van der Waals surface area contributed by atoms with E-state index >= 15 is 0 Å². The molecule has 1 aromatic rings. The third kappa shape index (κ3) is 2.45. The molecular weight excluding hydrogens is 230 g/mol. The third-order valence-corrected chi connectivity index (χ3v) is 2.95. The van der Waals surface area contributed by atoms with Gasteiger partial charge < -0.3 is 15.1 Å². The van der Waals surface area contributed by atoms with Crippen molar-refractivity contribution in [3.05, 3.63) is 24.3 Å². The molecule has 5 heteroatoms. The summed E-state index contributed by atoms with van der Waals surface area (Å²) in [5, 5.41) is 2.60. The predicted octanol–water partition coefficient (Wildman–Crippen LogP) is 0.605. The van der Waals surface area contributed by atoms with Crippen molar-refractivity contribution in [2.75, 3.05) is 37.0 Å². The van der Waals surface area contributed by atoms with Gasteiger partial charge in [-0.25, -0.2) is 0 Å². The minimum absolute atomic E-state index is 0.0700. The molecule has 2 amide bonds. The highest BCUT2D eigenvalue weighted by Gasteiger charge is 2.23. The highest BCUT2D eigenvalue weighted by Crippen LogP contribution is 2.28. The molecule has 0 spiro atoms. The molecule has 0 atom stereocenters. The normalized spacial score (nSPS) is 16.2. The van der Waals surface area contributed by atoms with Crippen LogP contribution in [0.1, 0.15) is 6.42 Å². The molecule has 0 aliphatic carbocycles. The average molecular weight is 247 g/mol. The molecule has 0 saturated carbocycles. The van der Waals surface area contributed by atoms with Gasteiger partial charge in [-0.1, -0.05) is 12.1 Å². The average Bonchev–Trinajstić information content (AvgIpc) is 2.52. The summed E-state index contributed by atoms with van der Waals surface area (Å²) in [6, 6.07) is 7.70. The fourth-order valence-electron chi connectivity index (χ4n) is 2.02. The topological polar surface area (TPSA) is 52.6 Å². The first-order valence-corrected chi connectivity index (χ1v) is 5.93. The van der Waals surface area contributed by atoms with Gasteiger partial charge in [0.1, 0.15) is 0 Å². The molecule has 2 rings (SSSR count). The molecule has 1 aromatic carbocycles. The highest BCUT2D eigenvalue weighted by molar-refractivity contribution is 6.01. The number of nitrogens with zero attached hydrogens (tertiary/aromatic N) is 2. The maximum absolute atomic E-state index is 12.0. The van der Waals surface area contributed by atoms with E-state index in [1.807, 2.05) is 43.3 Å². The SMILES string of the molecule is CN(C)c1ccccc1N1CCC(=O)NCC1=O. The lowest BCUT2D eigenvalue weighted by molar-refractivity contribution is -0.123. The Hall–Kier alpha value is -2.04. The smallest absolute Gasteiger partial charge is 0.246 e. The van der Waals surface area contributed by atoms with Crippen molar-refractivity contribution in [3.8, 4) is 0 Å². The number of rotatable bonds is 2. The first-order valence-electron chi connectivity index (χ1n) is 5.93. The van der Waals surface area contributed by atoms with Crippen LogP contribution in [0.15, 0.2) is 24.3 Å². The van der Waals surface area contributed by atoms with Crippen LogP contribution in [-0.2, 0) is 9.59 Å². The monoisotopic (exact) mass is 247 g/mol. The number of carbonyl (C=O) groups is 2. The summed E-state index contributed by atoms with van der Waals surface area (Å²) in [6.07, 6.45) is 0.341. The zero-order valence-corrected chi connectivity index (χ0v) is 10.6. The molecule has 18 heavy (non-hydrogen) atoms. The Labute approximate surface area is 106 Å². The van der Waals surface area contributed by atoms with E-state index in [0.717, 1.165) is 11.4 Å². The molecule has 1 aliphatic heterocycles. The number of amides is 2. The van der Waals surface area contributed by atoms with Crippen molar-refractivity contribution in [2.24, 2.45) is 0 Å². The van der Waals surface area contributed by atoms with Crippen LogP contribution in [0.3, 0.4) is 0 Å². The van der Waals surface area contributed by atoms with Gasteiger partial charge in [0.15, 0.2) is 0 Å². The van der Waals surface area contributed by atoms with Gasteiger partial charge in [0, 0.05) is 27.1 Å². The number of carbonyl (C=O) groups excluding carboxylic acids is 2. The van der Waals surface area contributed by atoms with Gasteiger partial charge in [-0.2, -0.15) is 0 Å². The van der Waals surface area contributed by atoms with Gasteiger partial charge in [0.05, 0.1) is 17.9 Å². The van der Waals surface area contributed by atoms with Crippen molar-refractivity contribution in [1.82, 2.24) is 5.32 Å². The van der Waals surface area contributed by atoms with Crippen LogP contribution < -0.4 is 15.1 Å². The van der Waals surface area contributed by atoms with Crippen molar-refractivity contribution >= 4 is 23.2 Å². The van der Waals surface area contributed by atoms with Gasteiger partial charge >= 0.3 is 0 Å². The number of hydrogen-bond acceptors (Lipinski definition) is 3. The van der Waals surface area contributed by atoms with Crippen LogP contribution in [-0.4, -0.2) is 39.0 Å². The maximum Gasteiger partial charge on any atom is 0.246 e. The zero-order valence-electron chi connectivity index (χ0n) is 10.6. The largest absolute Gasteiger partial charge is 0.376 e. The molecule has 96 valence electrons. The van der Waals surface area contributed by atoms with Crippen molar-refractivity contribution < 1.29 is 9.59 Å². The number of para-hydroxylation sites is 2. The van der Waals surface area contributed by atoms with Crippen LogP contribution in [0.4, 0.5) is 11.4 Å². The Morgan fingerprint density at radius 3 is 2.67 bits per heavy atom. The molecule has 0 aromatic heterocycles. The maximum atomic E-state index is 12.0. The molecule has 1 N–H and O–H groups in total. The van der Waals surface area contributed by atoms with E-state index in [0.29, 0.717) is 13.0 Å². The fraction of sp³-hybridized carbons (Fsp3) is 0.385. The molecule has 0 bridgehead atoms. The van der Waals surface area contributed by atoms with E-state index in [2.05, 4.69) is 5.32 Å². The Morgan fingerprint density at radius 1 is 1.22 bits per heavy atom. The number of nitrogens with one attached hydrogen (secondary N) is 1. The second kappa shape index (κ2) is 5.08. The van der Waals surface area contributed by atoms with Gasteiger partial charge in [0.2, 0.25) is 11.8 Å². The standard InChI is InChI=1S/C13H17N3O2/c1-15(2)10-5-3-4-6-11(10)16-8-7-12(17)14-9-13(16)18/h3-6H,7-9H2,1-2H3,(H,14,17). The van der Waals surface area contributed by atoms with E-state index in [1.165, 1.54) is 0 Å². The van der Waals surface area contributed by atoms with E-state index in [9.17, 15) is 9.59 Å². The summed E-state index contributed by atoms with van der Waals surface area (Å²) < 4.78 is 0. The predicted molar refractivity (Wildman–Crippen MR) is 70.7 cm³/mol. The lowest BCUT2D eigenvalue weighted by Crippen LogP contribution is -2.36. The van der Waals surface area contributed by atoms with Crippen molar-refractivity contribution in [1.29, 1.82) is 0 Å². The lowest BCUT2D eigenvalue weighted by atomic mass is 10.2. The van der Waals surface area contributed by atoms with Crippen molar-refractivity contribution in [3.63, 3.8) is 0 Å². The summed E-state index contributed by atoms with van der Waals surface area (Å²) >= 11 is 0. The van der Waals surface area contributed by atoms with Gasteiger partial charge in [-0.15, -0.1) is 0 Å². The first-order chi connectivity index (χ1) is 8.59.